The van der Waals surface area contributed by atoms with E-state index in [-0.39, 0.29) is 29.7 Å². The van der Waals surface area contributed by atoms with Gasteiger partial charge in [-0.2, -0.15) is 0 Å². The van der Waals surface area contributed by atoms with Crippen molar-refractivity contribution in [2.24, 2.45) is 5.92 Å². The van der Waals surface area contributed by atoms with Crippen molar-refractivity contribution in [3.05, 3.63) is 77.6 Å². The monoisotopic (exact) mass is 532 g/mol. The highest BCUT2D eigenvalue weighted by atomic mass is 32.1. The van der Waals surface area contributed by atoms with E-state index in [2.05, 4.69) is 32.6 Å². The van der Waals surface area contributed by atoms with E-state index < -0.39 is 18.1 Å². The number of hydrogen-bond acceptors (Lipinski definition) is 9. The molecule has 2 heterocycles. The molecular formula is C28H28N4O5S. The summed E-state index contributed by atoms with van der Waals surface area (Å²) in [6.07, 6.45) is 0.450. The number of amides is 1. The number of methoxy groups -OCH3 is 1. The molecule has 0 spiro atoms. The minimum Gasteiger partial charge on any atom is -0.493 e. The van der Waals surface area contributed by atoms with Gasteiger partial charge in [-0.05, 0) is 24.0 Å². The second kappa shape index (κ2) is 12.3. The van der Waals surface area contributed by atoms with Crippen LogP contribution in [-0.4, -0.2) is 41.0 Å². The summed E-state index contributed by atoms with van der Waals surface area (Å²) in [5, 5.41) is 12.8. The molecule has 196 valence electrons. The fourth-order valence-electron chi connectivity index (χ4n) is 3.49. The molecular weight excluding hydrogens is 504 g/mol. The van der Waals surface area contributed by atoms with E-state index in [9.17, 15) is 9.59 Å². The van der Waals surface area contributed by atoms with Crippen molar-refractivity contribution in [2.75, 3.05) is 13.7 Å². The predicted octanol–water partition coefficient (Wildman–Crippen LogP) is 5.94. The molecule has 0 radical (unpaired) electrons. The number of carbonyl (C=O) groups excluding carboxylic acids is 2. The third-order valence-corrected chi connectivity index (χ3v) is 6.58. The first kappa shape index (κ1) is 26.7. The second-order valence-electron chi connectivity index (χ2n) is 8.83. The number of nitrogens with one attached hydrogen (secondary N) is 1. The number of pyridine rings is 1. The molecule has 0 unspecified atom stereocenters. The predicted molar refractivity (Wildman–Crippen MR) is 144 cm³/mol. The lowest BCUT2D eigenvalue weighted by atomic mass is 10.0. The van der Waals surface area contributed by atoms with Gasteiger partial charge < -0.3 is 19.5 Å². The number of carbonyl (C=O) groups is 2. The lowest BCUT2D eigenvalue weighted by molar-refractivity contribution is 0.0852. The molecule has 2 aromatic heterocycles. The molecule has 10 heteroatoms. The highest BCUT2D eigenvalue weighted by molar-refractivity contribution is 7.14. The molecule has 0 aliphatic carbocycles. The number of nitrogens with zero attached hydrogens (tertiary/aromatic N) is 3. The molecule has 0 aliphatic rings. The maximum atomic E-state index is 13.1. The second-order valence-corrected chi connectivity index (χ2v) is 9.84. The highest BCUT2D eigenvalue weighted by Gasteiger charge is 2.25. The van der Waals surface area contributed by atoms with Gasteiger partial charge in [0.2, 0.25) is 5.75 Å². The summed E-state index contributed by atoms with van der Waals surface area (Å²) in [5.74, 6) is -0.381. The summed E-state index contributed by atoms with van der Waals surface area (Å²) in [6.45, 7) is 5.76. The third kappa shape index (κ3) is 6.51. The largest absolute Gasteiger partial charge is 0.514 e. The summed E-state index contributed by atoms with van der Waals surface area (Å²) in [4.78, 5) is 29.4. The minimum absolute atomic E-state index is 0.112. The molecule has 4 rings (SSSR count). The van der Waals surface area contributed by atoms with Crippen LogP contribution in [0.4, 0.5) is 4.79 Å². The quantitative estimate of drug-likeness (QED) is 0.264. The fraction of sp³-hybridized carbons (Fsp3) is 0.250. The summed E-state index contributed by atoms with van der Waals surface area (Å²) in [6, 6.07) is 19.2. The standard InChI is InChI=1S/C28H28N4O5S/c1-17(2)16-36-28(34)37-24-22(35-4)14-15-29-23(24)25(33)30-18(3)26-31-32-27(38-26)21-12-10-20(11-13-21)19-8-6-5-7-9-19/h5-15,17-18H,16H2,1-4H3,(H,30,33)/t18-/m0/s1. The van der Waals surface area contributed by atoms with E-state index in [1.165, 1.54) is 30.7 Å². The Balaban J connectivity index is 1.46. The SMILES string of the molecule is COc1ccnc(C(=O)N[C@@H](C)c2nnc(-c3ccc(-c4ccccc4)cc3)s2)c1OC(=O)OCC(C)C. The first-order valence-electron chi connectivity index (χ1n) is 12.0. The topological polar surface area (TPSA) is 113 Å². The Labute approximate surface area is 224 Å². The van der Waals surface area contributed by atoms with Gasteiger partial charge in [-0.3, -0.25) is 4.79 Å². The van der Waals surface area contributed by atoms with Gasteiger partial charge >= 0.3 is 6.16 Å². The molecule has 1 atom stereocenters. The summed E-state index contributed by atoms with van der Waals surface area (Å²) >= 11 is 1.38. The number of hydrogen-bond donors (Lipinski definition) is 1. The zero-order valence-corrected chi connectivity index (χ0v) is 22.3. The number of aromatic nitrogens is 3. The Hall–Kier alpha value is -4.31. The normalized spacial score (nSPS) is 11.6. The van der Waals surface area contributed by atoms with Crippen LogP contribution in [0, 0.1) is 5.92 Å². The maximum Gasteiger partial charge on any atom is 0.514 e. The number of ether oxygens (including phenoxy) is 3. The zero-order valence-electron chi connectivity index (χ0n) is 21.5. The number of rotatable bonds is 9. The van der Waals surface area contributed by atoms with Crippen LogP contribution in [0.2, 0.25) is 0 Å². The average molecular weight is 533 g/mol. The molecule has 38 heavy (non-hydrogen) atoms. The summed E-state index contributed by atoms with van der Waals surface area (Å²) in [5.41, 5.74) is 3.06. The van der Waals surface area contributed by atoms with Gasteiger partial charge in [-0.15, -0.1) is 10.2 Å². The van der Waals surface area contributed by atoms with Crippen molar-refractivity contribution < 1.29 is 23.8 Å². The molecule has 2 aromatic carbocycles. The van der Waals surface area contributed by atoms with Crippen LogP contribution in [0.1, 0.15) is 42.3 Å². The Kier molecular flexibility index (Phi) is 8.65. The maximum absolute atomic E-state index is 13.1. The van der Waals surface area contributed by atoms with Gasteiger partial charge in [0.15, 0.2) is 11.4 Å². The summed E-state index contributed by atoms with van der Waals surface area (Å²) in [7, 11) is 1.40. The molecule has 0 saturated carbocycles. The van der Waals surface area contributed by atoms with Crippen LogP contribution in [-0.2, 0) is 4.74 Å². The van der Waals surface area contributed by atoms with Crippen LogP contribution in [0.5, 0.6) is 11.5 Å². The van der Waals surface area contributed by atoms with E-state index in [0.29, 0.717) is 5.01 Å². The zero-order chi connectivity index (χ0) is 27.1. The van der Waals surface area contributed by atoms with Gasteiger partial charge in [0, 0.05) is 17.8 Å². The Morgan fingerprint density at radius 1 is 0.921 bits per heavy atom. The van der Waals surface area contributed by atoms with Gasteiger partial charge in [-0.1, -0.05) is 79.8 Å². The van der Waals surface area contributed by atoms with E-state index in [4.69, 9.17) is 14.2 Å². The molecule has 0 bridgehead atoms. The van der Waals surface area contributed by atoms with Crippen molar-refractivity contribution in [3.8, 4) is 33.2 Å². The van der Waals surface area contributed by atoms with Crippen LogP contribution < -0.4 is 14.8 Å². The van der Waals surface area contributed by atoms with E-state index in [1.54, 1.807) is 6.92 Å². The van der Waals surface area contributed by atoms with Crippen molar-refractivity contribution in [1.82, 2.24) is 20.5 Å². The van der Waals surface area contributed by atoms with Crippen LogP contribution in [0.3, 0.4) is 0 Å². The molecule has 1 N–H and O–H groups in total. The smallest absolute Gasteiger partial charge is 0.493 e. The first-order chi connectivity index (χ1) is 18.4. The van der Waals surface area contributed by atoms with Crippen LogP contribution in [0.15, 0.2) is 66.9 Å². The average Bonchev–Trinajstić information content (AvgIpc) is 3.43. The lowest BCUT2D eigenvalue weighted by Gasteiger charge is -2.15. The van der Waals surface area contributed by atoms with Crippen molar-refractivity contribution in [3.63, 3.8) is 0 Å². The third-order valence-electron chi connectivity index (χ3n) is 5.42. The van der Waals surface area contributed by atoms with Crippen molar-refractivity contribution in [1.29, 1.82) is 0 Å². The molecule has 0 aliphatic heterocycles. The lowest BCUT2D eigenvalue weighted by Crippen LogP contribution is -2.28. The highest BCUT2D eigenvalue weighted by Crippen LogP contribution is 2.32. The number of benzene rings is 2. The van der Waals surface area contributed by atoms with Gasteiger partial charge in [0.05, 0.1) is 19.8 Å². The molecule has 1 amide bonds. The van der Waals surface area contributed by atoms with E-state index >= 15 is 0 Å². The van der Waals surface area contributed by atoms with Crippen LogP contribution in [0.25, 0.3) is 21.7 Å². The molecule has 0 fully saturated rings. The van der Waals surface area contributed by atoms with Crippen molar-refractivity contribution >= 4 is 23.4 Å². The molecule has 4 aromatic rings. The van der Waals surface area contributed by atoms with Crippen LogP contribution >= 0.6 is 11.3 Å². The molecule has 0 saturated heterocycles. The Morgan fingerprint density at radius 3 is 2.29 bits per heavy atom. The minimum atomic E-state index is -0.945. The van der Waals surface area contributed by atoms with Gasteiger partial charge in [0.25, 0.3) is 5.91 Å². The van der Waals surface area contributed by atoms with Crippen molar-refractivity contribution in [2.45, 2.75) is 26.8 Å². The Morgan fingerprint density at radius 2 is 1.61 bits per heavy atom. The van der Waals surface area contributed by atoms with Gasteiger partial charge in [0.1, 0.15) is 10.0 Å². The summed E-state index contributed by atoms with van der Waals surface area (Å²) < 4.78 is 15.6. The Bertz CT molecular complexity index is 1390. The van der Waals surface area contributed by atoms with E-state index in [0.717, 1.165) is 21.7 Å². The fourth-order valence-corrected chi connectivity index (χ4v) is 4.34. The first-order valence-corrected chi connectivity index (χ1v) is 12.8. The van der Waals surface area contributed by atoms with E-state index in [1.807, 2.05) is 56.3 Å². The molecule has 9 nitrogen and oxygen atoms in total. The van der Waals surface area contributed by atoms with Gasteiger partial charge in [-0.25, -0.2) is 9.78 Å².